The molecule has 0 unspecified atom stereocenters. The molecule has 3 aromatic rings. The number of amides is 2. The van der Waals surface area contributed by atoms with Crippen LogP contribution in [0.25, 0.3) is 0 Å². The zero-order valence-electron chi connectivity index (χ0n) is 20.1. The Morgan fingerprint density at radius 3 is 2.22 bits per heavy atom. The van der Waals surface area contributed by atoms with Crippen molar-refractivity contribution in [3.8, 4) is 0 Å². The minimum Gasteiger partial charge on any atom is -0.352 e. The summed E-state index contributed by atoms with van der Waals surface area (Å²) in [6, 6.07) is 19.0. The van der Waals surface area contributed by atoms with Crippen LogP contribution in [-0.2, 0) is 29.0 Å². The van der Waals surface area contributed by atoms with Crippen molar-refractivity contribution in [1.82, 2.24) is 10.2 Å². The zero-order valence-corrected chi connectivity index (χ0v) is 23.1. The van der Waals surface area contributed by atoms with Crippen molar-refractivity contribution in [2.75, 3.05) is 0 Å². The van der Waals surface area contributed by atoms with Gasteiger partial charge in [0.15, 0.2) is 0 Å². The van der Waals surface area contributed by atoms with Crippen LogP contribution in [0.5, 0.6) is 0 Å². The second kappa shape index (κ2) is 13.3. The Bertz CT molecular complexity index is 1200. The topological polar surface area (TPSA) is 49.4 Å². The lowest BCUT2D eigenvalue weighted by Crippen LogP contribution is -2.52. The molecule has 2 atom stereocenters. The number of nitrogens with zero attached hydrogens (tertiary/aromatic N) is 1. The molecule has 0 heterocycles. The van der Waals surface area contributed by atoms with Gasteiger partial charge in [0.05, 0.1) is 16.5 Å². The standard InChI is InChI=1S/C28H28Cl4N2O2/c1-3-18(2)33-28(36)26(14-19-7-5-4-6-8-19)34(17-21-10-11-22(29)16-24(21)31)27(35)15-20-9-12-23(30)25(32)13-20/h4-13,16,18,26H,3,14-15,17H2,1-2H3,(H,33,36)/t18-,26-/m1/s1. The van der Waals surface area contributed by atoms with E-state index >= 15 is 0 Å². The van der Waals surface area contributed by atoms with Gasteiger partial charge in [-0.25, -0.2) is 0 Å². The monoisotopic (exact) mass is 564 g/mol. The number of halogens is 4. The number of carbonyl (C=O) groups excluding carboxylic acids is 2. The van der Waals surface area contributed by atoms with Crippen molar-refractivity contribution < 1.29 is 9.59 Å². The molecule has 3 aromatic carbocycles. The van der Waals surface area contributed by atoms with Gasteiger partial charge in [0, 0.05) is 29.1 Å². The van der Waals surface area contributed by atoms with E-state index in [2.05, 4.69) is 5.32 Å². The summed E-state index contributed by atoms with van der Waals surface area (Å²) >= 11 is 24.8. The first-order valence-electron chi connectivity index (χ1n) is 11.7. The molecule has 0 spiro atoms. The van der Waals surface area contributed by atoms with E-state index in [1.165, 1.54) is 0 Å². The average molecular weight is 566 g/mol. The second-order valence-electron chi connectivity index (χ2n) is 8.71. The molecular weight excluding hydrogens is 538 g/mol. The van der Waals surface area contributed by atoms with E-state index in [1.54, 1.807) is 41.3 Å². The van der Waals surface area contributed by atoms with Gasteiger partial charge in [-0.15, -0.1) is 0 Å². The zero-order chi connectivity index (χ0) is 26.2. The number of rotatable bonds is 10. The highest BCUT2D eigenvalue weighted by Crippen LogP contribution is 2.26. The Labute approximate surface area is 232 Å². The molecule has 190 valence electrons. The quantitative estimate of drug-likeness (QED) is 0.278. The largest absolute Gasteiger partial charge is 0.352 e. The van der Waals surface area contributed by atoms with Gasteiger partial charge in [0.2, 0.25) is 11.8 Å². The second-order valence-corrected chi connectivity index (χ2v) is 10.4. The fraction of sp³-hybridized carbons (Fsp3) is 0.286. The van der Waals surface area contributed by atoms with Crippen LogP contribution in [0.2, 0.25) is 20.1 Å². The smallest absolute Gasteiger partial charge is 0.243 e. The van der Waals surface area contributed by atoms with Gasteiger partial charge in [-0.2, -0.15) is 0 Å². The lowest BCUT2D eigenvalue weighted by molar-refractivity contribution is -0.141. The fourth-order valence-corrected chi connectivity index (χ4v) is 4.54. The van der Waals surface area contributed by atoms with Crippen LogP contribution < -0.4 is 5.32 Å². The maximum Gasteiger partial charge on any atom is 0.243 e. The molecule has 3 rings (SSSR count). The van der Waals surface area contributed by atoms with Crippen molar-refractivity contribution in [2.45, 2.75) is 51.7 Å². The molecule has 8 heteroatoms. The minimum absolute atomic E-state index is 0.0399. The van der Waals surface area contributed by atoms with E-state index in [9.17, 15) is 9.59 Å². The van der Waals surface area contributed by atoms with E-state index in [4.69, 9.17) is 46.4 Å². The molecule has 0 fully saturated rings. The molecule has 2 amide bonds. The molecule has 36 heavy (non-hydrogen) atoms. The number of carbonyl (C=O) groups is 2. The number of benzene rings is 3. The van der Waals surface area contributed by atoms with Crippen molar-refractivity contribution >= 4 is 58.2 Å². The lowest BCUT2D eigenvalue weighted by atomic mass is 10.0. The minimum atomic E-state index is -0.761. The first-order valence-corrected chi connectivity index (χ1v) is 13.2. The molecular formula is C28H28Cl4N2O2. The number of hydrogen-bond acceptors (Lipinski definition) is 2. The molecule has 0 saturated carbocycles. The summed E-state index contributed by atoms with van der Waals surface area (Å²) in [5.74, 6) is -0.458. The molecule has 0 saturated heterocycles. The Morgan fingerprint density at radius 1 is 0.861 bits per heavy atom. The Balaban J connectivity index is 2.01. The third-order valence-electron chi connectivity index (χ3n) is 5.97. The summed E-state index contributed by atoms with van der Waals surface area (Å²) in [4.78, 5) is 28.9. The summed E-state index contributed by atoms with van der Waals surface area (Å²) in [6.45, 7) is 4.08. The molecule has 0 aliphatic carbocycles. The summed E-state index contributed by atoms with van der Waals surface area (Å²) in [5, 5.41) is 4.74. The SMILES string of the molecule is CC[C@@H](C)NC(=O)[C@@H](Cc1ccccc1)N(Cc1ccc(Cl)cc1Cl)C(=O)Cc1ccc(Cl)c(Cl)c1. The van der Waals surface area contributed by atoms with Crippen molar-refractivity contribution in [3.63, 3.8) is 0 Å². The molecule has 4 nitrogen and oxygen atoms in total. The van der Waals surface area contributed by atoms with Crippen molar-refractivity contribution in [1.29, 1.82) is 0 Å². The Morgan fingerprint density at radius 2 is 1.58 bits per heavy atom. The van der Waals surface area contributed by atoms with Crippen LogP contribution >= 0.6 is 46.4 Å². The molecule has 0 bridgehead atoms. The van der Waals surface area contributed by atoms with Crippen molar-refractivity contribution in [2.24, 2.45) is 0 Å². The summed E-state index contributed by atoms with van der Waals surface area (Å²) < 4.78 is 0. The van der Waals surface area contributed by atoms with Gasteiger partial charge >= 0.3 is 0 Å². The molecule has 0 aromatic heterocycles. The summed E-state index contributed by atoms with van der Waals surface area (Å²) in [6.07, 6.45) is 1.16. The third-order valence-corrected chi connectivity index (χ3v) is 7.29. The van der Waals surface area contributed by atoms with Crippen LogP contribution in [0.1, 0.15) is 37.0 Å². The van der Waals surface area contributed by atoms with Crippen LogP contribution in [0.4, 0.5) is 0 Å². The highest BCUT2D eigenvalue weighted by Gasteiger charge is 2.31. The van der Waals surface area contributed by atoms with E-state index in [0.29, 0.717) is 37.6 Å². The van der Waals surface area contributed by atoms with Gasteiger partial charge in [-0.3, -0.25) is 9.59 Å². The first kappa shape index (κ1) is 28.3. The average Bonchev–Trinajstić information content (AvgIpc) is 2.85. The van der Waals surface area contributed by atoms with Crippen LogP contribution in [0, 0.1) is 0 Å². The summed E-state index contributed by atoms with van der Waals surface area (Å²) in [7, 11) is 0. The van der Waals surface area contributed by atoms with Crippen LogP contribution in [-0.4, -0.2) is 28.8 Å². The highest BCUT2D eigenvalue weighted by molar-refractivity contribution is 6.42. The molecule has 0 aliphatic rings. The Hall–Kier alpha value is -2.24. The van der Waals surface area contributed by atoms with Gasteiger partial charge in [0.25, 0.3) is 0 Å². The lowest BCUT2D eigenvalue weighted by Gasteiger charge is -2.32. The molecule has 0 radical (unpaired) electrons. The summed E-state index contributed by atoms with van der Waals surface area (Å²) in [5.41, 5.74) is 2.33. The highest BCUT2D eigenvalue weighted by atomic mass is 35.5. The van der Waals surface area contributed by atoms with Gasteiger partial charge in [-0.05, 0) is 54.3 Å². The van der Waals surface area contributed by atoms with E-state index in [0.717, 1.165) is 12.0 Å². The molecule has 0 aliphatic heterocycles. The normalized spacial score (nSPS) is 12.6. The van der Waals surface area contributed by atoms with E-state index in [1.807, 2.05) is 44.2 Å². The van der Waals surface area contributed by atoms with Crippen LogP contribution in [0.15, 0.2) is 66.7 Å². The maximum atomic E-state index is 13.8. The van der Waals surface area contributed by atoms with Gasteiger partial charge < -0.3 is 10.2 Å². The maximum absolute atomic E-state index is 13.8. The van der Waals surface area contributed by atoms with Gasteiger partial charge in [0.1, 0.15) is 6.04 Å². The van der Waals surface area contributed by atoms with E-state index < -0.39 is 6.04 Å². The first-order chi connectivity index (χ1) is 17.2. The predicted octanol–water partition coefficient (Wildman–Crippen LogP) is 7.40. The number of hydrogen-bond donors (Lipinski definition) is 1. The molecule has 1 N–H and O–H groups in total. The van der Waals surface area contributed by atoms with Crippen LogP contribution in [0.3, 0.4) is 0 Å². The van der Waals surface area contributed by atoms with Crippen molar-refractivity contribution in [3.05, 3.63) is 104 Å². The number of nitrogens with one attached hydrogen (secondary N) is 1. The third kappa shape index (κ3) is 7.88. The van der Waals surface area contributed by atoms with Gasteiger partial charge in [-0.1, -0.05) is 95.8 Å². The Kier molecular flexibility index (Phi) is 10.5. The van der Waals surface area contributed by atoms with E-state index in [-0.39, 0.29) is 30.8 Å². The predicted molar refractivity (Wildman–Crippen MR) is 149 cm³/mol. The fourth-order valence-electron chi connectivity index (χ4n) is 3.75.